The molecule has 0 saturated carbocycles. The Morgan fingerprint density at radius 3 is 2.71 bits per heavy atom. The number of aliphatic hydroxyl groups is 1. The average molecular weight is 284 g/mol. The summed E-state index contributed by atoms with van der Waals surface area (Å²) in [4.78, 5) is 0. The zero-order valence-electron chi connectivity index (χ0n) is 12.1. The van der Waals surface area contributed by atoms with Crippen LogP contribution in [0.25, 0.3) is 0 Å². The number of halogens is 1. The first-order chi connectivity index (χ1) is 10.1. The maximum Gasteiger partial charge on any atom is 0.165 e. The second kappa shape index (κ2) is 6.92. The standard InChI is InChI=1S/C18H17FO2/c1-13-5-6-14(2)16(10-13)12-21-18-11-15(4-3-9-20)7-8-17(18)19/h5-8,10-11,20H,9,12H2,1-2H3. The maximum absolute atomic E-state index is 13.8. The van der Waals surface area contributed by atoms with Crippen LogP contribution < -0.4 is 4.74 Å². The molecule has 0 spiro atoms. The fourth-order valence-electron chi connectivity index (χ4n) is 1.94. The van der Waals surface area contributed by atoms with Gasteiger partial charge in [0.2, 0.25) is 0 Å². The van der Waals surface area contributed by atoms with E-state index in [1.807, 2.05) is 32.0 Å². The van der Waals surface area contributed by atoms with Gasteiger partial charge in [0, 0.05) is 5.56 Å². The molecular weight excluding hydrogens is 267 g/mol. The molecule has 0 radical (unpaired) electrons. The normalized spacial score (nSPS) is 9.90. The van der Waals surface area contributed by atoms with Crippen LogP contribution in [-0.2, 0) is 6.61 Å². The molecule has 0 aliphatic heterocycles. The summed E-state index contributed by atoms with van der Waals surface area (Å²) in [5.74, 6) is 5.01. The van der Waals surface area contributed by atoms with Gasteiger partial charge in [-0.15, -0.1) is 0 Å². The Morgan fingerprint density at radius 2 is 1.95 bits per heavy atom. The average Bonchev–Trinajstić information content (AvgIpc) is 2.48. The van der Waals surface area contributed by atoms with Crippen LogP contribution in [0.15, 0.2) is 36.4 Å². The van der Waals surface area contributed by atoms with Gasteiger partial charge in [-0.2, -0.15) is 0 Å². The minimum Gasteiger partial charge on any atom is -0.486 e. The van der Waals surface area contributed by atoms with E-state index < -0.39 is 5.82 Å². The van der Waals surface area contributed by atoms with Crippen LogP contribution in [0.4, 0.5) is 4.39 Å². The topological polar surface area (TPSA) is 29.5 Å². The van der Waals surface area contributed by atoms with Gasteiger partial charge in [0.15, 0.2) is 11.6 Å². The van der Waals surface area contributed by atoms with Crippen molar-refractivity contribution in [1.29, 1.82) is 0 Å². The molecule has 0 aliphatic carbocycles. The highest BCUT2D eigenvalue weighted by Gasteiger charge is 2.06. The summed E-state index contributed by atoms with van der Waals surface area (Å²) < 4.78 is 19.3. The summed E-state index contributed by atoms with van der Waals surface area (Å²) in [7, 11) is 0. The number of benzene rings is 2. The lowest BCUT2D eigenvalue weighted by Crippen LogP contribution is -2.00. The summed E-state index contributed by atoms with van der Waals surface area (Å²) in [6.07, 6.45) is 0. The molecule has 2 aromatic rings. The van der Waals surface area contributed by atoms with Crippen molar-refractivity contribution in [1.82, 2.24) is 0 Å². The van der Waals surface area contributed by atoms with E-state index in [4.69, 9.17) is 9.84 Å². The first-order valence-corrected chi connectivity index (χ1v) is 6.68. The summed E-state index contributed by atoms with van der Waals surface area (Å²) in [6.45, 7) is 4.09. The van der Waals surface area contributed by atoms with Gasteiger partial charge in [0.25, 0.3) is 0 Å². The van der Waals surface area contributed by atoms with Crippen molar-refractivity contribution in [3.8, 4) is 17.6 Å². The van der Waals surface area contributed by atoms with Crippen molar-refractivity contribution in [3.63, 3.8) is 0 Å². The summed E-state index contributed by atoms with van der Waals surface area (Å²) in [5.41, 5.74) is 3.89. The lowest BCUT2D eigenvalue weighted by molar-refractivity contribution is 0.289. The number of aryl methyl sites for hydroxylation is 2. The monoisotopic (exact) mass is 284 g/mol. The third-order valence-corrected chi connectivity index (χ3v) is 3.13. The Morgan fingerprint density at radius 1 is 1.14 bits per heavy atom. The third kappa shape index (κ3) is 4.08. The predicted octanol–water partition coefficient (Wildman–Crippen LogP) is 3.37. The van der Waals surface area contributed by atoms with E-state index in [1.54, 1.807) is 12.1 Å². The number of hydrogen-bond acceptors (Lipinski definition) is 2. The Bertz CT molecular complexity index is 696. The van der Waals surface area contributed by atoms with Crippen molar-refractivity contribution in [3.05, 3.63) is 64.5 Å². The maximum atomic E-state index is 13.8. The zero-order valence-corrected chi connectivity index (χ0v) is 12.1. The SMILES string of the molecule is Cc1ccc(C)c(COc2cc(C#CCO)ccc2F)c1. The van der Waals surface area contributed by atoms with Crippen LogP contribution >= 0.6 is 0 Å². The van der Waals surface area contributed by atoms with Gasteiger partial charge < -0.3 is 9.84 Å². The van der Waals surface area contributed by atoms with Gasteiger partial charge in [-0.25, -0.2) is 4.39 Å². The van der Waals surface area contributed by atoms with Gasteiger partial charge in [-0.05, 0) is 43.2 Å². The van der Waals surface area contributed by atoms with Crippen LogP contribution in [0, 0.1) is 31.5 Å². The third-order valence-electron chi connectivity index (χ3n) is 3.13. The molecule has 0 heterocycles. The van der Waals surface area contributed by atoms with Crippen LogP contribution in [0.5, 0.6) is 5.75 Å². The van der Waals surface area contributed by atoms with E-state index in [0.29, 0.717) is 12.2 Å². The molecule has 2 nitrogen and oxygen atoms in total. The number of rotatable bonds is 3. The van der Waals surface area contributed by atoms with E-state index in [2.05, 4.69) is 11.8 Å². The van der Waals surface area contributed by atoms with E-state index in [9.17, 15) is 4.39 Å². The molecule has 0 amide bonds. The molecule has 0 aromatic heterocycles. The molecular formula is C18H17FO2. The van der Waals surface area contributed by atoms with E-state index in [0.717, 1.165) is 16.7 Å². The molecule has 0 fully saturated rings. The minimum absolute atomic E-state index is 0.167. The fraction of sp³-hybridized carbons (Fsp3) is 0.222. The van der Waals surface area contributed by atoms with Gasteiger partial charge in [0.1, 0.15) is 13.2 Å². The van der Waals surface area contributed by atoms with Crippen LogP contribution in [0.1, 0.15) is 22.3 Å². The first-order valence-electron chi connectivity index (χ1n) is 6.68. The highest BCUT2D eigenvalue weighted by molar-refractivity contribution is 5.41. The highest BCUT2D eigenvalue weighted by atomic mass is 19.1. The minimum atomic E-state index is -0.421. The van der Waals surface area contributed by atoms with Gasteiger partial charge in [0.05, 0.1) is 0 Å². The Labute approximate surface area is 124 Å². The molecule has 108 valence electrons. The van der Waals surface area contributed by atoms with Crippen molar-refractivity contribution in [2.75, 3.05) is 6.61 Å². The fourth-order valence-corrected chi connectivity index (χ4v) is 1.94. The molecule has 0 aliphatic rings. The van der Waals surface area contributed by atoms with Crippen molar-refractivity contribution < 1.29 is 14.2 Å². The molecule has 0 bridgehead atoms. The van der Waals surface area contributed by atoms with Crippen LogP contribution in [0.3, 0.4) is 0 Å². The smallest absolute Gasteiger partial charge is 0.165 e. The molecule has 0 unspecified atom stereocenters. The zero-order chi connectivity index (χ0) is 15.2. The molecule has 21 heavy (non-hydrogen) atoms. The van der Waals surface area contributed by atoms with Crippen molar-refractivity contribution in [2.24, 2.45) is 0 Å². The van der Waals surface area contributed by atoms with E-state index >= 15 is 0 Å². The first kappa shape index (κ1) is 15.1. The van der Waals surface area contributed by atoms with Crippen LogP contribution in [-0.4, -0.2) is 11.7 Å². The number of ether oxygens (including phenoxy) is 1. The molecule has 2 aromatic carbocycles. The lowest BCUT2D eigenvalue weighted by atomic mass is 10.1. The van der Waals surface area contributed by atoms with E-state index in [-0.39, 0.29) is 12.4 Å². The number of aliphatic hydroxyl groups excluding tert-OH is 1. The second-order valence-corrected chi connectivity index (χ2v) is 4.82. The molecule has 2 rings (SSSR count). The van der Waals surface area contributed by atoms with Crippen molar-refractivity contribution in [2.45, 2.75) is 20.5 Å². The highest BCUT2D eigenvalue weighted by Crippen LogP contribution is 2.21. The predicted molar refractivity (Wildman–Crippen MR) is 80.6 cm³/mol. The second-order valence-electron chi connectivity index (χ2n) is 4.82. The summed E-state index contributed by atoms with van der Waals surface area (Å²) in [6, 6.07) is 10.5. The Balaban J connectivity index is 2.17. The summed E-state index contributed by atoms with van der Waals surface area (Å²) >= 11 is 0. The Kier molecular flexibility index (Phi) is 4.97. The van der Waals surface area contributed by atoms with Gasteiger partial charge >= 0.3 is 0 Å². The quantitative estimate of drug-likeness (QED) is 0.876. The van der Waals surface area contributed by atoms with Gasteiger partial charge in [-0.3, -0.25) is 0 Å². The van der Waals surface area contributed by atoms with Crippen LogP contribution in [0.2, 0.25) is 0 Å². The number of hydrogen-bond donors (Lipinski definition) is 1. The lowest BCUT2D eigenvalue weighted by Gasteiger charge is -2.10. The van der Waals surface area contributed by atoms with Crippen molar-refractivity contribution >= 4 is 0 Å². The summed E-state index contributed by atoms with van der Waals surface area (Å²) in [5, 5.41) is 8.68. The molecule has 0 atom stereocenters. The Hall–Kier alpha value is -2.31. The largest absolute Gasteiger partial charge is 0.486 e. The van der Waals surface area contributed by atoms with Gasteiger partial charge in [-0.1, -0.05) is 35.6 Å². The molecule has 3 heteroatoms. The molecule has 1 N–H and O–H groups in total. The van der Waals surface area contributed by atoms with E-state index in [1.165, 1.54) is 6.07 Å². The molecule has 0 saturated heterocycles.